The maximum Gasteiger partial charge on any atom is 0.122 e. The third kappa shape index (κ3) is 2.78. The molecule has 1 aromatic carbocycles. The molecule has 0 saturated carbocycles. The van der Waals surface area contributed by atoms with E-state index in [-0.39, 0.29) is 5.41 Å². The number of methoxy groups -OCH3 is 2. The Morgan fingerprint density at radius 1 is 1.00 bits per heavy atom. The van der Waals surface area contributed by atoms with E-state index in [1.165, 1.54) is 5.56 Å². The second kappa shape index (κ2) is 5.06. The van der Waals surface area contributed by atoms with Crippen LogP contribution in [0.1, 0.15) is 26.3 Å². The van der Waals surface area contributed by atoms with E-state index in [9.17, 15) is 0 Å². The molecule has 0 amide bonds. The topological polar surface area (TPSA) is 18.5 Å². The summed E-state index contributed by atoms with van der Waals surface area (Å²) in [5, 5.41) is 0. The standard InChI is InChI=1S/C14H20O2/c1-6-7-14(2,3)11-8-12(15-4)10-13(9-11)16-5/h6-10H,1-5H3/b7-6-. The van der Waals surface area contributed by atoms with Gasteiger partial charge in [-0.05, 0) is 24.6 Å². The number of ether oxygens (including phenoxy) is 2. The van der Waals surface area contributed by atoms with Crippen molar-refractivity contribution in [3.05, 3.63) is 35.9 Å². The highest BCUT2D eigenvalue weighted by Gasteiger charge is 2.18. The number of hydrogen-bond acceptors (Lipinski definition) is 2. The van der Waals surface area contributed by atoms with Gasteiger partial charge in [-0.3, -0.25) is 0 Å². The Morgan fingerprint density at radius 3 is 1.88 bits per heavy atom. The van der Waals surface area contributed by atoms with Gasteiger partial charge in [0.1, 0.15) is 11.5 Å². The maximum absolute atomic E-state index is 5.27. The summed E-state index contributed by atoms with van der Waals surface area (Å²) in [5.74, 6) is 1.65. The van der Waals surface area contributed by atoms with Crippen LogP contribution in [0.4, 0.5) is 0 Å². The zero-order chi connectivity index (χ0) is 12.2. The van der Waals surface area contributed by atoms with Crippen LogP contribution in [0.2, 0.25) is 0 Å². The minimum atomic E-state index is -0.0173. The van der Waals surface area contributed by atoms with Gasteiger partial charge in [0.2, 0.25) is 0 Å². The number of rotatable bonds is 4. The Morgan fingerprint density at radius 2 is 1.50 bits per heavy atom. The zero-order valence-electron chi connectivity index (χ0n) is 10.7. The van der Waals surface area contributed by atoms with Crippen molar-refractivity contribution in [2.75, 3.05) is 14.2 Å². The van der Waals surface area contributed by atoms with Crippen LogP contribution in [0.3, 0.4) is 0 Å². The number of benzene rings is 1. The summed E-state index contributed by atoms with van der Waals surface area (Å²) >= 11 is 0. The summed E-state index contributed by atoms with van der Waals surface area (Å²) in [6.45, 7) is 6.36. The number of allylic oxidation sites excluding steroid dienone is 2. The molecule has 0 bridgehead atoms. The fraction of sp³-hybridized carbons (Fsp3) is 0.429. The molecule has 0 aliphatic rings. The predicted octanol–water partition coefficient (Wildman–Crippen LogP) is 3.56. The lowest BCUT2D eigenvalue weighted by Crippen LogP contribution is -2.13. The molecule has 16 heavy (non-hydrogen) atoms. The van der Waals surface area contributed by atoms with E-state index in [1.54, 1.807) is 14.2 Å². The van der Waals surface area contributed by atoms with Crippen LogP contribution >= 0.6 is 0 Å². The predicted molar refractivity (Wildman–Crippen MR) is 67.4 cm³/mol. The lowest BCUT2D eigenvalue weighted by atomic mass is 9.84. The van der Waals surface area contributed by atoms with Crippen molar-refractivity contribution in [1.82, 2.24) is 0 Å². The highest BCUT2D eigenvalue weighted by Crippen LogP contribution is 2.31. The number of hydrogen-bond donors (Lipinski definition) is 0. The Balaban J connectivity index is 3.22. The van der Waals surface area contributed by atoms with Crippen molar-refractivity contribution in [1.29, 1.82) is 0 Å². The molecule has 0 aromatic heterocycles. The fourth-order valence-electron chi connectivity index (χ4n) is 1.69. The highest BCUT2D eigenvalue weighted by molar-refractivity contribution is 5.43. The van der Waals surface area contributed by atoms with Gasteiger partial charge < -0.3 is 9.47 Å². The molecule has 2 heteroatoms. The van der Waals surface area contributed by atoms with Gasteiger partial charge in [0.15, 0.2) is 0 Å². The van der Waals surface area contributed by atoms with Crippen LogP contribution in [-0.4, -0.2) is 14.2 Å². The van der Waals surface area contributed by atoms with Crippen molar-refractivity contribution in [2.24, 2.45) is 0 Å². The Labute approximate surface area is 97.9 Å². The first kappa shape index (κ1) is 12.6. The summed E-state index contributed by atoms with van der Waals surface area (Å²) in [5.41, 5.74) is 1.16. The Bertz CT molecular complexity index is 356. The quantitative estimate of drug-likeness (QED) is 0.722. The van der Waals surface area contributed by atoms with Gasteiger partial charge in [-0.2, -0.15) is 0 Å². The van der Waals surface area contributed by atoms with Crippen LogP contribution in [0.15, 0.2) is 30.4 Å². The maximum atomic E-state index is 5.27. The minimum Gasteiger partial charge on any atom is -0.497 e. The zero-order valence-corrected chi connectivity index (χ0v) is 10.7. The van der Waals surface area contributed by atoms with Crippen LogP contribution in [0, 0.1) is 0 Å². The second-order valence-electron chi connectivity index (χ2n) is 4.32. The average Bonchev–Trinajstić information content (AvgIpc) is 2.28. The van der Waals surface area contributed by atoms with E-state index in [4.69, 9.17) is 9.47 Å². The molecule has 0 aliphatic carbocycles. The van der Waals surface area contributed by atoms with Crippen LogP contribution < -0.4 is 9.47 Å². The van der Waals surface area contributed by atoms with E-state index in [0.29, 0.717) is 0 Å². The van der Waals surface area contributed by atoms with Crippen molar-refractivity contribution in [3.63, 3.8) is 0 Å². The van der Waals surface area contributed by atoms with Crippen molar-refractivity contribution >= 4 is 0 Å². The first-order valence-electron chi connectivity index (χ1n) is 5.41. The second-order valence-corrected chi connectivity index (χ2v) is 4.32. The monoisotopic (exact) mass is 220 g/mol. The summed E-state index contributed by atoms with van der Waals surface area (Å²) in [7, 11) is 3.34. The molecule has 0 heterocycles. The molecule has 0 N–H and O–H groups in total. The smallest absolute Gasteiger partial charge is 0.122 e. The van der Waals surface area contributed by atoms with Crippen LogP contribution in [0.25, 0.3) is 0 Å². The van der Waals surface area contributed by atoms with Crippen LogP contribution in [-0.2, 0) is 5.41 Å². The van der Waals surface area contributed by atoms with E-state index in [1.807, 2.05) is 25.1 Å². The third-order valence-electron chi connectivity index (χ3n) is 2.68. The highest BCUT2D eigenvalue weighted by atomic mass is 16.5. The normalized spacial score (nSPS) is 11.8. The van der Waals surface area contributed by atoms with Crippen molar-refractivity contribution in [3.8, 4) is 11.5 Å². The summed E-state index contributed by atoms with van der Waals surface area (Å²) in [4.78, 5) is 0. The third-order valence-corrected chi connectivity index (χ3v) is 2.68. The summed E-state index contributed by atoms with van der Waals surface area (Å²) in [6, 6.07) is 5.97. The molecular formula is C14H20O2. The Hall–Kier alpha value is -1.44. The lowest BCUT2D eigenvalue weighted by molar-refractivity contribution is 0.392. The average molecular weight is 220 g/mol. The lowest BCUT2D eigenvalue weighted by Gasteiger charge is -2.22. The molecule has 88 valence electrons. The molecule has 0 spiro atoms. The molecule has 1 aromatic rings. The Kier molecular flexibility index (Phi) is 3.99. The van der Waals surface area contributed by atoms with E-state index >= 15 is 0 Å². The van der Waals surface area contributed by atoms with Gasteiger partial charge in [-0.25, -0.2) is 0 Å². The SMILES string of the molecule is C/C=C\C(C)(C)c1cc(OC)cc(OC)c1. The molecule has 0 aliphatic heterocycles. The van der Waals surface area contributed by atoms with E-state index in [0.717, 1.165) is 11.5 Å². The van der Waals surface area contributed by atoms with E-state index in [2.05, 4.69) is 26.0 Å². The van der Waals surface area contributed by atoms with Gasteiger partial charge in [-0.1, -0.05) is 26.0 Å². The minimum absolute atomic E-state index is 0.0173. The van der Waals surface area contributed by atoms with Gasteiger partial charge in [0.05, 0.1) is 14.2 Å². The van der Waals surface area contributed by atoms with Gasteiger partial charge in [-0.15, -0.1) is 0 Å². The van der Waals surface area contributed by atoms with Gasteiger partial charge >= 0.3 is 0 Å². The van der Waals surface area contributed by atoms with Gasteiger partial charge in [0.25, 0.3) is 0 Å². The molecule has 0 atom stereocenters. The van der Waals surface area contributed by atoms with Crippen molar-refractivity contribution in [2.45, 2.75) is 26.2 Å². The van der Waals surface area contributed by atoms with Crippen molar-refractivity contribution < 1.29 is 9.47 Å². The molecule has 0 saturated heterocycles. The molecule has 0 unspecified atom stereocenters. The van der Waals surface area contributed by atoms with Gasteiger partial charge in [0, 0.05) is 11.5 Å². The first-order chi connectivity index (χ1) is 7.53. The molecule has 0 radical (unpaired) electrons. The first-order valence-corrected chi connectivity index (χ1v) is 5.41. The molecular weight excluding hydrogens is 200 g/mol. The summed E-state index contributed by atoms with van der Waals surface area (Å²) < 4.78 is 10.5. The van der Waals surface area contributed by atoms with Crippen LogP contribution in [0.5, 0.6) is 11.5 Å². The van der Waals surface area contributed by atoms with E-state index < -0.39 is 0 Å². The summed E-state index contributed by atoms with van der Waals surface area (Å²) in [6.07, 6.45) is 4.23. The fourth-order valence-corrected chi connectivity index (χ4v) is 1.69. The molecule has 0 fully saturated rings. The molecule has 1 rings (SSSR count). The molecule has 2 nitrogen and oxygen atoms in total. The largest absolute Gasteiger partial charge is 0.497 e.